The maximum absolute atomic E-state index is 12.8. The molecule has 1 saturated carbocycles. The molecule has 0 saturated heterocycles. The molecule has 8 heteroatoms. The summed E-state index contributed by atoms with van der Waals surface area (Å²) < 4.78 is 21.0. The minimum absolute atomic E-state index is 0.0582. The lowest BCUT2D eigenvalue weighted by Crippen LogP contribution is -2.55. The van der Waals surface area contributed by atoms with Gasteiger partial charge >= 0.3 is 11.9 Å². The van der Waals surface area contributed by atoms with Gasteiger partial charge in [-0.1, -0.05) is 6.07 Å². The van der Waals surface area contributed by atoms with Crippen LogP contribution < -0.4 is 9.47 Å². The van der Waals surface area contributed by atoms with E-state index in [1.165, 1.54) is 6.92 Å². The second-order valence-electron chi connectivity index (χ2n) is 7.10. The zero-order valence-electron chi connectivity index (χ0n) is 16.1. The molecule has 4 atom stereocenters. The lowest BCUT2D eigenvalue weighted by atomic mass is 9.61. The van der Waals surface area contributed by atoms with Crippen molar-refractivity contribution < 1.29 is 38.4 Å². The van der Waals surface area contributed by atoms with Gasteiger partial charge in [-0.3, -0.25) is 14.4 Å². The largest absolute Gasteiger partial charge is 0.466 e. The van der Waals surface area contributed by atoms with Crippen molar-refractivity contribution in [1.29, 1.82) is 0 Å². The zero-order chi connectivity index (χ0) is 20.5. The number of ether oxygens (including phenoxy) is 4. The minimum Gasteiger partial charge on any atom is -0.466 e. The number of aliphatic hydroxyl groups is 1. The molecule has 152 valence electrons. The molecule has 1 aliphatic heterocycles. The predicted molar refractivity (Wildman–Crippen MR) is 95.8 cm³/mol. The van der Waals surface area contributed by atoms with E-state index in [1.54, 1.807) is 32.0 Å². The molecule has 0 aromatic heterocycles. The summed E-state index contributed by atoms with van der Waals surface area (Å²) in [4.78, 5) is 38.2. The van der Waals surface area contributed by atoms with Gasteiger partial charge in [0.1, 0.15) is 5.92 Å². The first-order chi connectivity index (χ1) is 13.3. The predicted octanol–water partition coefficient (Wildman–Crippen LogP) is 1.58. The second kappa shape index (κ2) is 7.79. The Morgan fingerprint density at radius 2 is 1.79 bits per heavy atom. The van der Waals surface area contributed by atoms with Crippen molar-refractivity contribution in [1.82, 2.24) is 0 Å². The van der Waals surface area contributed by atoms with Gasteiger partial charge in [-0.2, -0.15) is 0 Å². The average molecular weight is 392 g/mol. The molecule has 1 heterocycles. The van der Waals surface area contributed by atoms with E-state index in [2.05, 4.69) is 0 Å². The summed E-state index contributed by atoms with van der Waals surface area (Å²) in [5.41, 5.74) is -1.18. The number of carbonyl (C=O) groups is 3. The standard InChI is InChI=1S/C20H24O8/c1-4-25-18(22)16-12(21)9-20(3,24)17(19(23)26-5-2)15(16)11-6-7-13-14(8-11)28-10-27-13/h6-8,15-17,24H,4-5,9-10H2,1-3H3/t15-,16+,17+,20-/m0/s1. The van der Waals surface area contributed by atoms with Crippen LogP contribution in [-0.4, -0.2) is 48.4 Å². The summed E-state index contributed by atoms with van der Waals surface area (Å²) in [5.74, 6) is -4.21. The first kappa shape index (κ1) is 20.1. The van der Waals surface area contributed by atoms with E-state index in [9.17, 15) is 19.5 Å². The number of esters is 2. The molecule has 2 aliphatic rings. The molecule has 1 fully saturated rings. The summed E-state index contributed by atoms with van der Waals surface area (Å²) in [7, 11) is 0. The van der Waals surface area contributed by atoms with Crippen LogP contribution in [0.5, 0.6) is 11.5 Å². The third kappa shape index (κ3) is 3.56. The zero-order valence-corrected chi connectivity index (χ0v) is 16.1. The van der Waals surface area contributed by atoms with Gasteiger partial charge < -0.3 is 24.1 Å². The number of benzene rings is 1. The molecule has 0 unspecified atom stereocenters. The van der Waals surface area contributed by atoms with Gasteiger partial charge in [-0.05, 0) is 38.5 Å². The molecule has 0 radical (unpaired) electrons. The van der Waals surface area contributed by atoms with Crippen LogP contribution in [0.3, 0.4) is 0 Å². The third-order valence-electron chi connectivity index (χ3n) is 5.13. The average Bonchev–Trinajstić information content (AvgIpc) is 3.08. The summed E-state index contributed by atoms with van der Waals surface area (Å²) in [6.45, 7) is 4.96. The summed E-state index contributed by atoms with van der Waals surface area (Å²) >= 11 is 0. The van der Waals surface area contributed by atoms with Gasteiger partial charge in [0.25, 0.3) is 0 Å². The number of hydrogen-bond donors (Lipinski definition) is 1. The van der Waals surface area contributed by atoms with Gasteiger partial charge in [-0.15, -0.1) is 0 Å². The third-order valence-corrected chi connectivity index (χ3v) is 5.13. The Labute approximate surface area is 162 Å². The monoisotopic (exact) mass is 392 g/mol. The van der Waals surface area contributed by atoms with E-state index in [-0.39, 0.29) is 26.4 Å². The van der Waals surface area contributed by atoms with E-state index in [4.69, 9.17) is 18.9 Å². The number of carbonyl (C=O) groups excluding carboxylic acids is 3. The minimum atomic E-state index is -1.67. The lowest BCUT2D eigenvalue weighted by Gasteiger charge is -2.43. The molecule has 1 N–H and O–H groups in total. The molecular weight excluding hydrogens is 368 g/mol. The normalized spacial score (nSPS) is 28.7. The Kier molecular flexibility index (Phi) is 5.60. The fourth-order valence-electron chi connectivity index (χ4n) is 4.00. The number of Topliss-reactive ketones (excluding diaryl/α,β-unsaturated/α-hetero) is 1. The molecule has 0 spiro atoms. The fourth-order valence-corrected chi connectivity index (χ4v) is 4.00. The molecule has 28 heavy (non-hydrogen) atoms. The topological polar surface area (TPSA) is 108 Å². The Morgan fingerprint density at radius 3 is 2.46 bits per heavy atom. The van der Waals surface area contributed by atoms with Crippen LogP contribution >= 0.6 is 0 Å². The number of hydrogen-bond acceptors (Lipinski definition) is 8. The Hall–Kier alpha value is -2.61. The molecule has 1 aromatic rings. The highest BCUT2D eigenvalue weighted by Gasteiger charge is 2.57. The summed E-state index contributed by atoms with van der Waals surface area (Å²) in [6, 6.07) is 4.93. The van der Waals surface area contributed by atoms with Crippen LogP contribution in [0.4, 0.5) is 0 Å². The Morgan fingerprint density at radius 1 is 1.14 bits per heavy atom. The smallest absolute Gasteiger partial charge is 0.317 e. The Bertz CT molecular complexity index is 784. The first-order valence-corrected chi connectivity index (χ1v) is 9.28. The first-order valence-electron chi connectivity index (χ1n) is 9.28. The van der Waals surface area contributed by atoms with Crippen molar-refractivity contribution in [3.8, 4) is 11.5 Å². The number of fused-ring (bicyclic) bond motifs is 1. The SMILES string of the molecule is CCOC(=O)[C@@H]1C(=O)C[C@](C)(O)[C@@H](C(=O)OCC)[C@H]1c1ccc2c(c1)OCO2. The van der Waals surface area contributed by atoms with Crippen LogP contribution in [0.15, 0.2) is 18.2 Å². The van der Waals surface area contributed by atoms with Crippen molar-refractivity contribution in [2.45, 2.75) is 38.7 Å². The van der Waals surface area contributed by atoms with Crippen molar-refractivity contribution in [2.75, 3.05) is 20.0 Å². The highest BCUT2D eigenvalue weighted by molar-refractivity contribution is 6.02. The van der Waals surface area contributed by atoms with Gasteiger partial charge in [-0.25, -0.2) is 0 Å². The van der Waals surface area contributed by atoms with Gasteiger partial charge in [0, 0.05) is 12.3 Å². The van der Waals surface area contributed by atoms with E-state index >= 15 is 0 Å². The van der Waals surface area contributed by atoms with Crippen molar-refractivity contribution in [3.63, 3.8) is 0 Å². The highest BCUT2D eigenvalue weighted by Crippen LogP contribution is 2.48. The Balaban J connectivity index is 2.12. The van der Waals surface area contributed by atoms with E-state index in [0.717, 1.165) is 0 Å². The molecule has 8 nitrogen and oxygen atoms in total. The van der Waals surface area contributed by atoms with Crippen molar-refractivity contribution in [3.05, 3.63) is 23.8 Å². The van der Waals surface area contributed by atoms with Crippen LogP contribution in [0, 0.1) is 11.8 Å². The summed E-state index contributed by atoms with van der Waals surface area (Å²) in [5, 5.41) is 10.9. The maximum Gasteiger partial charge on any atom is 0.317 e. The second-order valence-corrected chi connectivity index (χ2v) is 7.10. The molecule has 0 bridgehead atoms. The van der Waals surface area contributed by atoms with Crippen molar-refractivity contribution in [2.24, 2.45) is 11.8 Å². The van der Waals surface area contributed by atoms with Crippen LogP contribution in [-0.2, 0) is 23.9 Å². The highest BCUT2D eigenvalue weighted by atomic mass is 16.7. The van der Waals surface area contributed by atoms with Crippen LogP contribution in [0.1, 0.15) is 38.7 Å². The number of rotatable bonds is 5. The van der Waals surface area contributed by atoms with Crippen LogP contribution in [0.25, 0.3) is 0 Å². The van der Waals surface area contributed by atoms with Gasteiger partial charge in [0.15, 0.2) is 17.3 Å². The molecule has 1 aliphatic carbocycles. The molecule has 3 rings (SSSR count). The fraction of sp³-hybridized carbons (Fsp3) is 0.550. The van der Waals surface area contributed by atoms with E-state index < -0.39 is 41.1 Å². The quantitative estimate of drug-likeness (QED) is 0.594. The maximum atomic E-state index is 12.8. The van der Waals surface area contributed by atoms with Crippen molar-refractivity contribution >= 4 is 17.7 Å². The molecule has 1 aromatic carbocycles. The van der Waals surface area contributed by atoms with Gasteiger partial charge in [0.05, 0.1) is 24.7 Å². The number of ketones is 1. The lowest BCUT2D eigenvalue weighted by molar-refractivity contribution is -0.172. The summed E-state index contributed by atoms with van der Waals surface area (Å²) in [6.07, 6.45) is -0.346. The van der Waals surface area contributed by atoms with Crippen LogP contribution in [0.2, 0.25) is 0 Å². The van der Waals surface area contributed by atoms with Gasteiger partial charge in [0.2, 0.25) is 6.79 Å². The van der Waals surface area contributed by atoms with E-state index in [0.29, 0.717) is 17.1 Å². The van der Waals surface area contributed by atoms with E-state index in [1.807, 2.05) is 0 Å². The molecule has 0 amide bonds. The molecular formula is C20H24O8.